The van der Waals surface area contributed by atoms with E-state index in [1.54, 1.807) is 13.8 Å². The molecule has 0 aromatic heterocycles. The van der Waals surface area contributed by atoms with E-state index in [0.29, 0.717) is 0 Å². The number of imide groups is 2. The molecule has 0 radical (unpaired) electrons. The molecular weight excluding hydrogens is 294 g/mol. The molecule has 1 saturated heterocycles. The molecule has 1 aliphatic heterocycles. The number of rotatable bonds is 4. The topological polar surface area (TPSA) is 60.9 Å². The number of carbonyl (C=O) groups is 3. The van der Waals surface area contributed by atoms with Crippen LogP contribution in [0.3, 0.4) is 0 Å². The Balaban J connectivity index is 1.76. The lowest BCUT2D eigenvalue weighted by molar-refractivity contribution is -0.144. The molecule has 1 aromatic carbocycles. The molecule has 1 unspecified atom stereocenters. The van der Waals surface area contributed by atoms with Crippen LogP contribution in [0.2, 0.25) is 0 Å². The largest absolute Gasteiger partial charge is 0.335 e. The van der Waals surface area contributed by atoms with E-state index in [2.05, 4.69) is 12.1 Å². The molecule has 0 saturated carbocycles. The summed E-state index contributed by atoms with van der Waals surface area (Å²) in [6.07, 6.45) is 1.94. The van der Waals surface area contributed by atoms with E-state index in [0.717, 1.165) is 22.6 Å². The van der Waals surface area contributed by atoms with Gasteiger partial charge in [-0.1, -0.05) is 24.3 Å². The highest BCUT2D eigenvalue weighted by atomic mass is 16.2. The minimum absolute atomic E-state index is 0.131. The van der Waals surface area contributed by atoms with E-state index in [9.17, 15) is 14.4 Å². The summed E-state index contributed by atoms with van der Waals surface area (Å²) >= 11 is 0. The monoisotopic (exact) mass is 315 g/mol. The molecule has 1 heterocycles. The lowest BCUT2D eigenvalue weighted by Gasteiger charge is -2.28. The van der Waals surface area contributed by atoms with Crippen molar-refractivity contribution < 1.29 is 14.4 Å². The number of aryl methyl sites for hydroxylation is 1. The maximum absolute atomic E-state index is 12.3. The molecule has 0 bridgehead atoms. The Labute approximate surface area is 135 Å². The van der Waals surface area contributed by atoms with Crippen LogP contribution in [0.4, 0.5) is 4.79 Å². The first-order valence-electron chi connectivity index (χ1n) is 7.89. The molecule has 1 atom stereocenters. The first-order chi connectivity index (χ1) is 10.9. The van der Waals surface area contributed by atoms with Crippen molar-refractivity contribution in [1.29, 1.82) is 0 Å². The van der Waals surface area contributed by atoms with Crippen LogP contribution in [-0.4, -0.2) is 52.3 Å². The number of hydrogen-bond donors (Lipinski definition) is 0. The number of hydrogen-bond acceptors (Lipinski definition) is 4. The third-order valence-corrected chi connectivity index (χ3v) is 4.60. The fraction of sp³-hybridized carbons (Fsp3) is 0.471. The van der Waals surface area contributed by atoms with Crippen molar-refractivity contribution in [3.05, 3.63) is 35.4 Å². The molecule has 4 amide bonds. The van der Waals surface area contributed by atoms with Crippen molar-refractivity contribution in [2.75, 3.05) is 13.7 Å². The zero-order valence-electron chi connectivity index (χ0n) is 13.7. The molecule has 0 spiro atoms. The van der Waals surface area contributed by atoms with Gasteiger partial charge in [0, 0.05) is 12.1 Å². The first kappa shape index (κ1) is 15.7. The van der Waals surface area contributed by atoms with Crippen molar-refractivity contribution in [1.82, 2.24) is 14.7 Å². The Morgan fingerprint density at radius 3 is 2.52 bits per heavy atom. The van der Waals surface area contributed by atoms with Crippen LogP contribution in [0.5, 0.6) is 0 Å². The number of benzene rings is 1. The van der Waals surface area contributed by atoms with Crippen molar-refractivity contribution in [2.24, 2.45) is 0 Å². The maximum Gasteiger partial charge on any atom is 0.335 e. The highest BCUT2D eigenvalue weighted by molar-refractivity contribution is 6.44. The van der Waals surface area contributed by atoms with Gasteiger partial charge >= 0.3 is 17.8 Å². The number of fused-ring (bicyclic) bond motifs is 1. The average Bonchev–Trinajstić information content (AvgIpc) is 3.02. The van der Waals surface area contributed by atoms with Crippen molar-refractivity contribution >= 4 is 17.8 Å². The summed E-state index contributed by atoms with van der Waals surface area (Å²) in [6.45, 7) is 3.58. The lowest BCUT2D eigenvalue weighted by Crippen LogP contribution is -2.42. The summed E-state index contributed by atoms with van der Waals surface area (Å²) < 4.78 is 0. The van der Waals surface area contributed by atoms with Gasteiger partial charge in [-0.2, -0.15) is 0 Å². The summed E-state index contributed by atoms with van der Waals surface area (Å²) in [5.41, 5.74) is 2.55. The van der Waals surface area contributed by atoms with Crippen LogP contribution in [-0.2, 0) is 16.0 Å². The molecule has 6 nitrogen and oxygen atoms in total. The van der Waals surface area contributed by atoms with Gasteiger partial charge in [0.15, 0.2) is 0 Å². The number of nitrogens with zero attached hydrogens (tertiary/aromatic N) is 3. The second-order valence-electron chi connectivity index (χ2n) is 6.44. The van der Waals surface area contributed by atoms with E-state index in [1.807, 2.05) is 24.1 Å². The van der Waals surface area contributed by atoms with Crippen molar-refractivity contribution in [3.8, 4) is 0 Å². The minimum atomic E-state index is -0.734. The van der Waals surface area contributed by atoms with Gasteiger partial charge in [-0.25, -0.2) is 9.69 Å². The lowest BCUT2D eigenvalue weighted by atomic mass is 10.1. The zero-order valence-corrected chi connectivity index (χ0v) is 13.7. The highest BCUT2D eigenvalue weighted by Crippen LogP contribution is 2.35. The molecule has 2 aliphatic rings. The maximum atomic E-state index is 12.3. The molecule has 1 fully saturated rings. The van der Waals surface area contributed by atoms with Crippen LogP contribution < -0.4 is 0 Å². The Hall–Kier alpha value is -2.21. The summed E-state index contributed by atoms with van der Waals surface area (Å²) in [6, 6.07) is 7.54. The third kappa shape index (κ3) is 2.53. The van der Waals surface area contributed by atoms with E-state index in [1.165, 1.54) is 11.1 Å². The fourth-order valence-electron chi connectivity index (χ4n) is 3.42. The zero-order chi connectivity index (χ0) is 16.7. The minimum Gasteiger partial charge on any atom is -0.281 e. The summed E-state index contributed by atoms with van der Waals surface area (Å²) in [7, 11) is 1.88. The standard InChI is InChI=1S/C17H21N3O3/c1-11(2)20-16(22)15(21)19(17(20)23)10-18(3)14-9-8-12-6-4-5-7-13(12)14/h4-7,11,14H,8-10H2,1-3H3. The molecule has 23 heavy (non-hydrogen) atoms. The normalized spacial score (nSPS) is 21.1. The number of amides is 4. The van der Waals surface area contributed by atoms with Gasteiger partial charge in [-0.05, 0) is 44.9 Å². The average molecular weight is 315 g/mol. The Morgan fingerprint density at radius 1 is 1.17 bits per heavy atom. The second kappa shape index (κ2) is 5.77. The SMILES string of the molecule is CC(C)N1C(=O)C(=O)N(CN(C)C2CCc3ccccc32)C1=O. The first-order valence-corrected chi connectivity index (χ1v) is 7.89. The van der Waals surface area contributed by atoms with Crippen LogP contribution in [0.1, 0.15) is 37.4 Å². The molecule has 1 aliphatic carbocycles. The van der Waals surface area contributed by atoms with Gasteiger partial charge in [0.1, 0.15) is 0 Å². The van der Waals surface area contributed by atoms with Gasteiger partial charge in [0.05, 0.1) is 6.67 Å². The molecule has 1 aromatic rings. The predicted molar refractivity (Wildman–Crippen MR) is 84.4 cm³/mol. The summed E-state index contributed by atoms with van der Waals surface area (Å²) in [5, 5.41) is 0. The molecular formula is C17H21N3O3. The number of carbonyl (C=O) groups excluding carboxylic acids is 3. The molecule has 122 valence electrons. The molecule has 3 rings (SSSR count). The van der Waals surface area contributed by atoms with Crippen LogP contribution >= 0.6 is 0 Å². The van der Waals surface area contributed by atoms with E-state index in [4.69, 9.17) is 0 Å². The molecule has 6 heteroatoms. The van der Waals surface area contributed by atoms with Crippen molar-refractivity contribution in [3.63, 3.8) is 0 Å². The van der Waals surface area contributed by atoms with E-state index >= 15 is 0 Å². The fourth-order valence-corrected chi connectivity index (χ4v) is 3.42. The van der Waals surface area contributed by atoms with E-state index < -0.39 is 17.8 Å². The second-order valence-corrected chi connectivity index (χ2v) is 6.44. The van der Waals surface area contributed by atoms with Gasteiger partial charge < -0.3 is 0 Å². The van der Waals surface area contributed by atoms with E-state index in [-0.39, 0.29) is 18.8 Å². The highest BCUT2D eigenvalue weighted by Gasteiger charge is 2.46. The molecule has 0 N–H and O–H groups in total. The van der Waals surface area contributed by atoms with Gasteiger partial charge in [0.25, 0.3) is 0 Å². The van der Waals surface area contributed by atoms with Crippen LogP contribution in [0.25, 0.3) is 0 Å². The Kier molecular flexibility index (Phi) is 3.93. The quantitative estimate of drug-likeness (QED) is 0.627. The van der Waals surface area contributed by atoms with Crippen LogP contribution in [0, 0.1) is 0 Å². The van der Waals surface area contributed by atoms with Gasteiger partial charge in [-0.15, -0.1) is 0 Å². The van der Waals surface area contributed by atoms with Crippen LogP contribution in [0.15, 0.2) is 24.3 Å². The summed E-state index contributed by atoms with van der Waals surface area (Å²) in [4.78, 5) is 40.5. The number of urea groups is 1. The van der Waals surface area contributed by atoms with Crippen molar-refractivity contribution in [2.45, 2.75) is 38.8 Å². The van der Waals surface area contributed by atoms with Gasteiger partial charge in [-0.3, -0.25) is 19.4 Å². The predicted octanol–water partition coefficient (Wildman–Crippen LogP) is 1.76. The Morgan fingerprint density at radius 2 is 1.87 bits per heavy atom. The van der Waals surface area contributed by atoms with Gasteiger partial charge in [0.2, 0.25) is 0 Å². The summed E-state index contributed by atoms with van der Waals surface area (Å²) in [5.74, 6) is -1.47. The smallest absolute Gasteiger partial charge is 0.281 e. The Bertz CT molecular complexity index is 671. The third-order valence-electron chi connectivity index (χ3n) is 4.60.